The number of aliphatic hydroxyl groups is 1. The molecule has 2 aliphatic carbocycles. The van der Waals surface area contributed by atoms with E-state index in [0.717, 1.165) is 5.57 Å². The fourth-order valence-electron chi connectivity index (χ4n) is 3.97. The van der Waals surface area contributed by atoms with Crippen LogP contribution in [-0.4, -0.2) is 48.8 Å². The molecular formula is C16H21NO5. The first-order valence-electron chi connectivity index (χ1n) is 7.69. The molecule has 1 spiro atoms. The highest BCUT2D eigenvalue weighted by Gasteiger charge is 2.57. The van der Waals surface area contributed by atoms with Crippen molar-refractivity contribution in [1.29, 1.82) is 0 Å². The molecule has 3 atom stereocenters. The second kappa shape index (κ2) is 5.65. The summed E-state index contributed by atoms with van der Waals surface area (Å²) in [6.07, 6.45) is 3.72. The fraction of sp³-hybridized carbons (Fsp3) is 0.750. The standard InChI is InChI=1S/C16H21NO5/c1-17-16(14(19)20-2)6-3-12(18)9-11-10-15(5-4-13(11)16)21-7-8-22-15/h4,11-12,18H,3,5-10H2,2H3/t11?,12-,16-/m0/s1. The van der Waals surface area contributed by atoms with Crippen LogP contribution < -0.4 is 0 Å². The summed E-state index contributed by atoms with van der Waals surface area (Å²) in [5, 5.41) is 10.2. The number of esters is 1. The molecule has 120 valence electrons. The van der Waals surface area contributed by atoms with Crippen molar-refractivity contribution in [2.45, 2.75) is 49.5 Å². The van der Waals surface area contributed by atoms with Crippen LogP contribution in [0.1, 0.15) is 32.1 Å². The Balaban J connectivity index is 2.01. The average Bonchev–Trinajstić information content (AvgIpc) is 2.91. The van der Waals surface area contributed by atoms with Gasteiger partial charge in [-0.15, -0.1) is 0 Å². The zero-order valence-corrected chi connectivity index (χ0v) is 12.7. The van der Waals surface area contributed by atoms with Gasteiger partial charge >= 0.3 is 11.5 Å². The molecule has 3 rings (SSSR count). The number of aliphatic hydroxyl groups excluding tert-OH is 1. The molecule has 1 N–H and O–H groups in total. The first-order chi connectivity index (χ1) is 10.6. The Bertz CT molecular complexity index is 531. The molecule has 1 saturated heterocycles. The minimum absolute atomic E-state index is 0.0995. The molecule has 2 fully saturated rings. The maximum Gasteiger partial charge on any atom is 0.397 e. The number of hydrogen-bond acceptors (Lipinski definition) is 5. The van der Waals surface area contributed by atoms with Crippen molar-refractivity contribution in [2.24, 2.45) is 5.92 Å². The number of carbonyl (C=O) groups excluding carboxylic acids is 1. The van der Waals surface area contributed by atoms with E-state index in [1.54, 1.807) is 0 Å². The van der Waals surface area contributed by atoms with E-state index in [2.05, 4.69) is 4.85 Å². The van der Waals surface area contributed by atoms with E-state index in [0.29, 0.717) is 45.3 Å². The van der Waals surface area contributed by atoms with E-state index in [1.807, 2.05) is 6.08 Å². The van der Waals surface area contributed by atoms with Crippen LogP contribution in [0.25, 0.3) is 4.85 Å². The van der Waals surface area contributed by atoms with Gasteiger partial charge in [-0.05, 0) is 18.8 Å². The maximum atomic E-state index is 12.3. The van der Waals surface area contributed by atoms with Gasteiger partial charge in [-0.3, -0.25) is 4.85 Å². The minimum Gasteiger partial charge on any atom is -0.463 e. The van der Waals surface area contributed by atoms with Gasteiger partial charge in [-0.1, -0.05) is 6.08 Å². The summed E-state index contributed by atoms with van der Waals surface area (Å²) >= 11 is 0. The normalized spacial score (nSPS) is 36.9. The van der Waals surface area contributed by atoms with Crippen LogP contribution in [0.2, 0.25) is 0 Å². The Morgan fingerprint density at radius 3 is 2.86 bits per heavy atom. The molecule has 0 radical (unpaired) electrons. The highest BCUT2D eigenvalue weighted by Crippen LogP contribution is 2.48. The van der Waals surface area contributed by atoms with Gasteiger partial charge in [-0.25, -0.2) is 11.4 Å². The van der Waals surface area contributed by atoms with Crippen LogP contribution in [0, 0.1) is 12.5 Å². The van der Waals surface area contributed by atoms with Crippen LogP contribution in [0.15, 0.2) is 11.6 Å². The Morgan fingerprint density at radius 2 is 2.23 bits per heavy atom. The Hall–Kier alpha value is -1.42. The number of nitrogens with zero attached hydrogens (tertiary/aromatic N) is 1. The van der Waals surface area contributed by atoms with Crippen molar-refractivity contribution in [3.05, 3.63) is 23.1 Å². The summed E-state index contributed by atoms with van der Waals surface area (Å²) in [6, 6.07) is 0. The van der Waals surface area contributed by atoms with Gasteiger partial charge in [0.05, 0.1) is 26.4 Å². The lowest BCUT2D eigenvalue weighted by Gasteiger charge is -2.37. The predicted octanol–water partition coefficient (Wildman–Crippen LogP) is 1.44. The molecule has 1 unspecified atom stereocenters. The van der Waals surface area contributed by atoms with E-state index in [-0.39, 0.29) is 5.92 Å². The van der Waals surface area contributed by atoms with E-state index in [9.17, 15) is 9.90 Å². The monoisotopic (exact) mass is 307 g/mol. The van der Waals surface area contributed by atoms with E-state index < -0.39 is 23.4 Å². The number of fused-ring (bicyclic) bond motifs is 1. The van der Waals surface area contributed by atoms with Gasteiger partial charge in [-0.2, -0.15) is 0 Å². The molecule has 6 nitrogen and oxygen atoms in total. The second-order valence-corrected chi connectivity index (χ2v) is 6.26. The molecule has 1 aliphatic heterocycles. The predicted molar refractivity (Wildman–Crippen MR) is 76.6 cm³/mol. The molecule has 0 bridgehead atoms. The average molecular weight is 307 g/mol. The summed E-state index contributed by atoms with van der Waals surface area (Å²) in [4.78, 5) is 16.0. The van der Waals surface area contributed by atoms with Gasteiger partial charge in [0.25, 0.3) is 0 Å². The Morgan fingerprint density at radius 1 is 1.50 bits per heavy atom. The summed E-state index contributed by atoms with van der Waals surface area (Å²) in [6.45, 7) is 8.72. The Kier molecular flexibility index (Phi) is 3.98. The number of hydrogen-bond donors (Lipinski definition) is 1. The zero-order chi connectivity index (χ0) is 15.8. The van der Waals surface area contributed by atoms with Crippen molar-refractivity contribution in [3.63, 3.8) is 0 Å². The quantitative estimate of drug-likeness (QED) is 0.451. The lowest BCUT2D eigenvalue weighted by molar-refractivity contribution is -0.171. The second-order valence-electron chi connectivity index (χ2n) is 6.26. The van der Waals surface area contributed by atoms with Gasteiger partial charge in [0, 0.05) is 24.8 Å². The van der Waals surface area contributed by atoms with E-state index in [4.69, 9.17) is 20.8 Å². The van der Waals surface area contributed by atoms with Crippen LogP contribution >= 0.6 is 0 Å². The third-order valence-corrected chi connectivity index (χ3v) is 5.03. The highest BCUT2D eigenvalue weighted by molar-refractivity contribution is 5.87. The first kappa shape index (κ1) is 15.5. The number of carbonyl (C=O) groups is 1. The first-order valence-corrected chi connectivity index (χ1v) is 7.69. The fourth-order valence-corrected chi connectivity index (χ4v) is 3.97. The molecule has 0 aromatic rings. The third-order valence-electron chi connectivity index (χ3n) is 5.03. The largest absolute Gasteiger partial charge is 0.463 e. The van der Waals surface area contributed by atoms with E-state index in [1.165, 1.54) is 7.11 Å². The van der Waals surface area contributed by atoms with Gasteiger partial charge in [0.1, 0.15) is 0 Å². The van der Waals surface area contributed by atoms with Crippen LogP contribution in [0.4, 0.5) is 0 Å². The summed E-state index contributed by atoms with van der Waals surface area (Å²) in [5.74, 6) is -1.28. The smallest absolute Gasteiger partial charge is 0.397 e. The molecule has 22 heavy (non-hydrogen) atoms. The topological polar surface area (TPSA) is 69.4 Å². The van der Waals surface area contributed by atoms with Crippen LogP contribution in [0.5, 0.6) is 0 Å². The molecule has 3 aliphatic rings. The molecule has 1 heterocycles. The van der Waals surface area contributed by atoms with Crippen molar-refractivity contribution in [3.8, 4) is 0 Å². The molecule has 0 aromatic heterocycles. The van der Waals surface area contributed by atoms with Crippen LogP contribution in [0.3, 0.4) is 0 Å². The van der Waals surface area contributed by atoms with Gasteiger partial charge < -0.3 is 19.3 Å². The maximum absolute atomic E-state index is 12.3. The summed E-state index contributed by atoms with van der Waals surface area (Å²) in [5.41, 5.74) is -0.535. The van der Waals surface area contributed by atoms with Crippen molar-refractivity contribution < 1.29 is 24.1 Å². The molecule has 1 saturated carbocycles. The van der Waals surface area contributed by atoms with Crippen LogP contribution in [-0.2, 0) is 19.0 Å². The number of rotatable bonds is 1. The minimum atomic E-state index is -1.31. The van der Waals surface area contributed by atoms with Gasteiger partial charge in [0.15, 0.2) is 5.79 Å². The third kappa shape index (κ3) is 2.34. The van der Waals surface area contributed by atoms with Crippen molar-refractivity contribution in [2.75, 3.05) is 20.3 Å². The van der Waals surface area contributed by atoms with Crippen molar-refractivity contribution in [1.82, 2.24) is 0 Å². The van der Waals surface area contributed by atoms with E-state index >= 15 is 0 Å². The molecule has 0 aromatic carbocycles. The molecule has 6 heteroatoms. The lowest BCUT2D eigenvalue weighted by atomic mass is 9.73. The number of ether oxygens (including phenoxy) is 3. The van der Waals surface area contributed by atoms with Crippen molar-refractivity contribution >= 4 is 5.97 Å². The zero-order valence-electron chi connectivity index (χ0n) is 12.7. The number of methoxy groups -OCH3 is 1. The van der Waals surface area contributed by atoms with Gasteiger partial charge in [0.2, 0.25) is 0 Å². The Labute approximate surface area is 129 Å². The SMILES string of the molecule is [C-]#[N+][C@@]1(C(=O)OC)CC[C@H](O)CC2CC3(CC=C21)OCCO3. The molecular weight excluding hydrogens is 286 g/mol. The highest BCUT2D eigenvalue weighted by atomic mass is 16.7. The molecule has 0 amide bonds. The summed E-state index contributed by atoms with van der Waals surface area (Å²) in [7, 11) is 1.31. The lowest BCUT2D eigenvalue weighted by Crippen LogP contribution is -2.45. The summed E-state index contributed by atoms with van der Waals surface area (Å²) < 4.78 is 16.4.